The second kappa shape index (κ2) is 16.2. The van der Waals surface area contributed by atoms with Crippen molar-refractivity contribution in [1.82, 2.24) is 10.2 Å². The lowest BCUT2D eigenvalue weighted by molar-refractivity contribution is -0.130. The fraction of sp³-hybridized carbons (Fsp3) is 0.512. The van der Waals surface area contributed by atoms with Crippen LogP contribution in [0.5, 0.6) is 5.75 Å². The number of hydrogen-bond donors (Lipinski definition) is 2. The van der Waals surface area contributed by atoms with Crippen LogP contribution in [-0.2, 0) is 31.8 Å². The van der Waals surface area contributed by atoms with Crippen LogP contribution < -0.4 is 10.2 Å². The Bertz CT molecular complexity index is 1720. The van der Waals surface area contributed by atoms with Crippen LogP contribution in [0.1, 0.15) is 95.3 Å². The molecule has 2 heterocycles. The quantitative estimate of drug-likeness (QED) is 0.211. The number of carbonyl (C=O) groups excluding carboxylic acids is 4. The van der Waals surface area contributed by atoms with E-state index in [2.05, 4.69) is 39.2 Å². The molecular formula is C41H57N3O7Si. The van der Waals surface area contributed by atoms with Gasteiger partial charge in [0.15, 0.2) is 20.3 Å². The van der Waals surface area contributed by atoms with Crippen LogP contribution in [0.4, 0.5) is 10.5 Å². The number of phenols is 1. The number of anilines is 1. The minimum absolute atomic E-state index is 0.0493. The zero-order valence-electron chi connectivity index (χ0n) is 32.7. The van der Waals surface area contributed by atoms with Gasteiger partial charge in [0.25, 0.3) is 5.91 Å². The molecule has 52 heavy (non-hydrogen) atoms. The Hall–Kier alpha value is -4.22. The molecule has 2 aromatic rings. The van der Waals surface area contributed by atoms with Gasteiger partial charge < -0.3 is 24.5 Å². The molecule has 0 unspecified atom stereocenters. The van der Waals surface area contributed by atoms with Gasteiger partial charge in [-0.2, -0.15) is 0 Å². The highest BCUT2D eigenvalue weighted by molar-refractivity contribution is 6.74. The van der Waals surface area contributed by atoms with Gasteiger partial charge >= 0.3 is 6.09 Å². The van der Waals surface area contributed by atoms with E-state index in [-0.39, 0.29) is 64.5 Å². The third-order valence-corrected chi connectivity index (χ3v) is 15.2. The minimum atomic E-state index is -2.55. The van der Waals surface area contributed by atoms with Gasteiger partial charge in [0.05, 0.1) is 23.3 Å². The normalized spacial score (nSPS) is 18.8. The molecule has 2 aliphatic rings. The third-order valence-electron chi connectivity index (χ3n) is 10.7. The summed E-state index contributed by atoms with van der Waals surface area (Å²) in [5, 5.41) is 13.5. The smallest absolute Gasteiger partial charge is 0.416 e. The summed E-state index contributed by atoms with van der Waals surface area (Å²) >= 11 is 0. The van der Waals surface area contributed by atoms with E-state index in [0.717, 1.165) is 11.1 Å². The molecule has 0 spiro atoms. The predicted molar refractivity (Wildman–Crippen MR) is 206 cm³/mol. The van der Waals surface area contributed by atoms with Gasteiger partial charge in [-0.1, -0.05) is 78.0 Å². The number of amides is 3. The van der Waals surface area contributed by atoms with Gasteiger partial charge in [-0.3, -0.25) is 14.4 Å². The fourth-order valence-corrected chi connectivity index (χ4v) is 7.66. The maximum atomic E-state index is 14.3. The average Bonchev–Trinajstić information content (AvgIpc) is 3.45. The summed E-state index contributed by atoms with van der Waals surface area (Å²) in [4.78, 5) is 57.2. The lowest BCUT2D eigenvalue weighted by Gasteiger charge is -2.44. The maximum absolute atomic E-state index is 14.3. The number of rotatable bonds is 12. The molecule has 282 valence electrons. The van der Waals surface area contributed by atoms with E-state index < -0.39 is 32.7 Å². The molecule has 4 rings (SSSR count). The lowest BCUT2D eigenvalue weighted by atomic mass is 9.92. The van der Waals surface area contributed by atoms with Gasteiger partial charge in [0.2, 0.25) is 5.91 Å². The van der Waals surface area contributed by atoms with Crippen molar-refractivity contribution in [2.45, 2.75) is 125 Å². The topological polar surface area (TPSA) is 125 Å². The van der Waals surface area contributed by atoms with Gasteiger partial charge in [0, 0.05) is 24.6 Å². The van der Waals surface area contributed by atoms with E-state index in [9.17, 15) is 24.3 Å². The summed E-state index contributed by atoms with van der Waals surface area (Å²) < 4.78 is 13.0. The first-order valence-electron chi connectivity index (χ1n) is 18.3. The molecule has 11 heteroatoms. The molecule has 2 N–H and O–H groups in total. The monoisotopic (exact) mass is 731 g/mol. The third kappa shape index (κ3) is 8.86. The Balaban J connectivity index is 1.59. The number of fused-ring (bicyclic) bond motifs is 2. The van der Waals surface area contributed by atoms with Crippen LogP contribution in [0.15, 0.2) is 60.3 Å². The Morgan fingerprint density at radius 1 is 1.08 bits per heavy atom. The number of nitrogens with zero attached hydrogens (tertiary/aromatic N) is 2. The molecule has 2 aliphatic heterocycles. The van der Waals surface area contributed by atoms with E-state index >= 15 is 0 Å². The second-order valence-corrected chi connectivity index (χ2v) is 20.7. The van der Waals surface area contributed by atoms with Crippen molar-refractivity contribution in [3.8, 4) is 5.75 Å². The largest absolute Gasteiger partial charge is 0.508 e. The highest BCUT2D eigenvalue weighted by Crippen LogP contribution is 2.44. The lowest BCUT2D eigenvalue weighted by Crippen LogP contribution is -2.57. The molecule has 4 atom stereocenters. The fourth-order valence-electron chi connectivity index (χ4n) is 6.44. The number of aromatic hydroxyl groups is 1. The van der Waals surface area contributed by atoms with Crippen molar-refractivity contribution in [2.75, 3.05) is 4.90 Å². The van der Waals surface area contributed by atoms with E-state index in [1.165, 1.54) is 11.0 Å². The summed E-state index contributed by atoms with van der Waals surface area (Å²) in [7, 11) is -2.55. The number of nitrogens with one attached hydrogen (secondary N) is 1. The van der Waals surface area contributed by atoms with E-state index in [4.69, 9.17) is 9.16 Å². The van der Waals surface area contributed by atoms with Crippen molar-refractivity contribution in [2.24, 2.45) is 11.8 Å². The summed E-state index contributed by atoms with van der Waals surface area (Å²) in [6.45, 7) is 21.8. The number of ketones is 1. The molecule has 0 radical (unpaired) electrons. The van der Waals surface area contributed by atoms with Crippen LogP contribution in [0.3, 0.4) is 0 Å². The standard InChI is InChI=1S/C41H57N3O7Si/c1-12-14-30-20-34-39(51-52(10,11)41(7,8)9)44(33-22-35(45)26(5)19-32(33)38(48)43(34)23-30)40(49)50-24-29-17-15-28(16-18-29)21-36(46)27(6)42-37(47)31(13-2)25(3)4/h12,14-19,22-23,25,27,31,34,39,45H,13,20-21,24H2,1-11H3,(H,42,47)/b14-12+/t27-,31-,34-,39-/m0/s1. The number of hydrogen-bond acceptors (Lipinski definition) is 7. The van der Waals surface area contributed by atoms with E-state index in [1.807, 2.05) is 58.2 Å². The average molecular weight is 732 g/mol. The summed E-state index contributed by atoms with van der Waals surface area (Å²) in [5.41, 5.74) is 3.42. The first-order chi connectivity index (χ1) is 24.3. The molecule has 0 aliphatic carbocycles. The van der Waals surface area contributed by atoms with Crippen LogP contribution in [-0.4, -0.2) is 60.3 Å². The molecule has 0 aromatic heterocycles. The van der Waals surface area contributed by atoms with Crippen molar-refractivity contribution < 1.29 is 33.4 Å². The number of carbonyl (C=O) groups is 4. The molecule has 0 saturated carbocycles. The Morgan fingerprint density at radius 2 is 1.71 bits per heavy atom. The van der Waals surface area contributed by atoms with Gasteiger partial charge in [-0.25, -0.2) is 9.69 Å². The second-order valence-electron chi connectivity index (χ2n) is 16.0. The molecule has 0 fully saturated rings. The number of allylic oxidation sites excluding steroid dienone is 2. The number of Topliss-reactive ketones (excluding diaryl/α,β-unsaturated/α-hetero) is 1. The van der Waals surface area contributed by atoms with Crippen molar-refractivity contribution >= 4 is 37.7 Å². The minimum Gasteiger partial charge on any atom is -0.508 e. The Kier molecular flexibility index (Phi) is 12.6. The van der Waals surface area contributed by atoms with Gasteiger partial charge in [0.1, 0.15) is 12.4 Å². The van der Waals surface area contributed by atoms with Crippen LogP contribution >= 0.6 is 0 Å². The van der Waals surface area contributed by atoms with Gasteiger partial charge in [-0.15, -0.1) is 0 Å². The van der Waals surface area contributed by atoms with Crippen molar-refractivity contribution in [1.29, 1.82) is 0 Å². The molecule has 2 aromatic carbocycles. The number of phenolic OH excluding ortho intramolecular Hbond substituents is 1. The maximum Gasteiger partial charge on any atom is 0.416 e. The van der Waals surface area contributed by atoms with E-state index in [1.54, 1.807) is 36.9 Å². The molecule has 0 saturated heterocycles. The van der Waals surface area contributed by atoms with E-state index in [0.29, 0.717) is 24.0 Å². The zero-order valence-corrected chi connectivity index (χ0v) is 33.7. The number of benzene rings is 2. The first-order valence-corrected chi connectivity index (χ1v) is 21.2. The molecule has 3 amide bonds. The summed E-state index contributed by atoms with van der Waals surface area (Å²) in [6.07, 6.45) is 5.42. The molecular weight excluding hydrogens is 675 g/mol. The summed E-state index contributed by atoms with van der Waals surface area (Å²) in [6, 6.07) is 9.14. The Labute approximate surface area is 310 Å². The highest BCUT2D eigenvalue weighted by atomic mass is 28.4. The number of ether oxygens (including phenoxy) is 1. The van der Waals surface area contributed by atoms with Crippen LogP contribution in [0.25, 0.3) is 0 Å². The molecule has 10 nitrogen and oxygen atoms in total. The number of aryl methyl sites for hydroxylation is 1. The van der Waals surface area contributed by atoms with Crippen LogP contribution in [0.2, 0.25) is 18.1 Å². The van der Waals surface area contributed by atoms with Gasteiger partial charge in [-0.05, 0) is 86.0 Å². The first kappa shape index (κ1) is 40.5. The molecule has 0 bridgehead atoms. The van der Waals surface area contributed by atoms with Crippen molar-refractivity contribution in [3.05, 3.63) is 82.6 Å². The van der Waals surface area contributed by atoms with Crippen molar-refractivity contribution in [3.63, 3.8) is 0 Å². The van der Waals surface area contributed by atoms with Crippen LogP contribution in [0, 0.1) is 18.8 Å². The SMILES string of the molecule is C/C=C/C1=CN2C(=O)c3cc(C)c(O)cc3N(C(=O)OCc3ccc(CC(=O)[C@H](C)NC(=O)[C@@H](CC)C(C)C)cc3)[C@@H](O[Si](C)(C)C(C)(C)C)[C@@H]2C1. The Morgan fingerprint density at radius 3 is 2.29 bits per heavy atom. The highest BCUT2D eigenvalue weighted by Gasteiger charge is 2.50. The zero-order chi connectivity index (χ0) is 38.7. The predicted octanol–water partition coefficient (Wildman–Crippen LogP) is 8.18. The summed E-state index contributed by atoms with van der Waals surface area (Å²) in [5.74, 6) is -0.501.